The van der Waals surface area contributed by atoms with E-state index < -0.39 is 0 Å². The van der Waals surface area contributed by atoms with Crippen LogP contribution in [0.4, 0.5) is 0 Å². The Kier molecular flexibility index (Phi) is 10.2. The molecule has 0 amide bonds. The first-order valence-corrected chi connectivity index (χ1v) is 8.13. The van der Waals surface area contributed by atoms with Crippen molar-refractivity contribution in [1.29, 1.82) is 0 Å². The molecule has 0 bridgehead atoms. The van der Waals surface area contributed by atoms with E-state index in [-0.39, 0.29) is 24.8 Å². The van der Waals surface area contributed by atoms with Crippen LogP contribution >= 0.6 is 68.0 Å². The molecular weight excluding hydrogens is 435 g/mol. The van der Waals surface area contributed by atoms with E-state index in [4.69, 9.17) is 0 Å². The number of nitrogens with one attached hydrogen (secondary N) is 1. The van der Waals surface area contributed by atoms with Crippen LogP contribution in [0.5, 0.6) is 0 Å². The van der Waals surface area contributed by atoms with Crippen LogP contribution in [0.25, 0.3) is 0 Å². The van der Waals surface area contributed by atoms with Gasteiger partial charge in [0.1, 0.15) is 0 Å². The number of thiophene rings is 1. The van der Waals surface area contributed by atoms with E-state index >= 15 is 0 Å². The van der Waals surface area contributed by atoms with Gasteiger partial charge in [-0.25, -0.2) is 0 Å². The molecule has 2 nitrogen and oxygen atoms in total. The molecule has 19 heavy (non-hydrogen) atoms. The van der Waals surface area contributed by atoms with Crippen LogP contribution in [-0.4, -0.2) is 31.1 Å². The van der Waals surface area contributed by atoms with Crippen LogP contribution in [-0.2, 0) is 0 Å². The van der Waals surface area contributed by atoms with Gasteiger partial charge in [-0.1, -0.05) is 6.08 Å². The first kappa shape index (κ1) is 19.9. The number of halogens is 4. The van der Waals surface area contributed by atoms with Gasteiger partial charge in [-0.2, -0.15) is 0 Å². The summed E-state index contributed by atoms with van der Waals surface area (Å²) >= 11 is 8.96. The molecule has 2 rings (SSSR count). The number of nitrogens with zero attached hydrogens (tertiary/aromatic N) is 1. The second-order valence-corrected chi connectivity index (χ2v) is 7.35. The predicted octanol–water partition coefficient (Wildman–Crippen LogP) is 4.64. The molecule has 0 unspecified atom stereocenters. The quantitative estimate of drug-likeness (QED) is 0.669. The van der Waals surface area contributed by atoms with Gasteiger partial charge >= 0.3 is 0 Å². The Labute approximate surface area is 148 Å². The monoisotopic (exact) mass is 450 g/mol. The summed E-state index contributed by atoms with van der Waals surface area (Å²) in [6.07, 6.45) is 3.04. The average molecular weight is 453 g/mol. The molecule has 1 fully saturated rings. The first-order valence-electron chi connectivity index (χ1n) is 5.72. The topological polar surface area (TPSA) is 15.3 Å². The summed E-state index contributed by atoms with van der Waals surface area (Å²) < 4.78 is 2.33. The molecule has 1 saturated heterocycles. The fourth-order valence-electron chi connectivity index (χ4n) is 2.12. The van der Waals surface area contributed by atoms with Crippen molar-refractivity contribution in [2.45, 2.75) is 12.5 Å². The molecule has 1 aliphatic heterocycles. The Balaban J connectivity index is 0.00000162. The van der Waals surface area contributed by atoms with Crippen molar-refractivity contribution in [2.24, 2.45) is 0 Å². The zero-order chi connectivity index (χ0) is 12.3. The van der Waals surface area contributed by atoms with E-state index in [1.165, 1.54) is 8.66 Å². The Morgan fingerprint density at radius 2 is 2.00 bits per heavy atom. The minimum Gasteiger partial charge on any atom is -0.314 e. The van der Waals surface area contributed by atoms with Crippen LogP contribution in [0, 0.1) is 0 Å². The standard InChI is InChI=1S/C12H16Br2N2S.2ClH/c1-2-3-10(16-6-4-15-5-7-16)11-8-9(13)12(14)17-11;;/h2,8,10,15H,1,3-7H2;2*1H/t10-;;/m1../s1. The van der Waals surface area contributed by atoms with Crippen LogP contribution in [0.3, 0.4) is 0 Å². The Morgan fingerprint density at radius 3 is 2.47 bits per heavy atom. The summed E-state index contributed by atoms with van der Waals surface area (Å²) in [6, 6.07) is 2.70. The summed E-state index contributed by atoms with van der Waals surface area (Å²) in [6.45, 7) is 8.29. The maximum absolute atomic E-state index is 3.89. The van der Waals surface area contributed by atoms with Gasteiger partial charge in [0.15, 0.2) is 0 Å². The second kappa shape index (κ2) is 9.77. The number of hydrogen-bond donors (Lipinski definition) is 1. The molecule has 2 heterocycles. The van der Waals surface area contributed by atoms with Gasteiger partial charge < -0.3 is 5.32 Å². The maximum Gasteiger partial charge on any atom is 0.0843 e. The number of hydrogen-bond acceptors (Lipinski definition) is 3. The van der Waals surface area contributed by atoms with Crippen LogP contribution in [0.15, 0.2) is 27.0 Å². The van der Waals surface area contributed by atoms with E-state index in [1.54, 1.807) is 0 Å². The smallest absolute Gasteiger partial charge is 0.0843 e. The highest BCUT2D eigenvalue weighted by molar-refractivity contribution is 9.13. The van der Waals surface area contributed by atoms with Crippen LogP contribution in [0.1, 0.15) is 17.3 Å². The minimum absolute atomic E-state index is 0. The molecule has 1 aliphatic rings. The molecule has 1 aromatic rings. The number of rotatable bonds is 4. The molecule has 1 atom stereocenters. The molecule has 0 aliphatic carbocycles. The summed E-state index contributed by atoms with van der Waals surface area (Å²) in [5, 5.41) is 3.40. The number of piperazine rings is 1. The van der Waals surface area contributed by atoms with E-state index in [9.17, 15) is 0 Å². The third-order valence-corrected chi connectivity index (χ3v) is 6.33. The third-order valence-electron chi connectivity index (χ3n) is 2.97. The summed E-state index contributed by atoms with van der Waals surface area (Å²) in [5.74, 6) is 0. The van der Waals surface area contributed by atoms with E-state index in [0.717, 1.165) is 37.1 Å². The van der Waals surface area contributed by atoms with Crippen molar-refractivity contribution >= 4 is 68.0 Å². The van der Waals surface area contributed by atoms with Crippen molar-refractivity contribution in [3.63, 3.8) is 0 Å². The zero-order valence-corrected chi connectivity index (χ0v) is 16.0. The summed E-state index contributed by atoms with van der Waals surface area (Å²) in [5.41, 5.74) is 0. The average Bonchev–Trinajstić information content (AvgIpc) is 2.67. The molecule has 0 saturated carbocycles. The van der Waals surface area contributed by atoms with Crippen molar-refractivity contribution < 1.29 is 0 Å². The Bertz CT molecular complexity index is 376. The molecule has 7 heteroatoms. The van der Waals surface area contributed by atoms with Gasteiger partial charge in [0.05, 0.1) is 3.79 Å². The lowest BCUT2D eigenvalue weighted by Gasteiger charge is -2.34. The molecule has 0 spiro atoms. The minimum atomic E-state index is 0. The lowest BCUT2D eigenvalue weighted by atomic mass is 10.1. The van der Waals surface area contributed by atoms with Gasteiger partial charge in [0.2, 0.25) is 0 Å². The largest absolute Gasteiger partial charge is 0.314 e. The van der Waals surface area contributed by atoms with Crippen LogP contribution < -0.4 is 5.32 Å². The summed E-state index contributed by atoms with van der Waals surface area (Å²) in [7, 11) is 0. The lowest BCUT2D eigenvalue weighted by Crippen LogP contribution is -2.44. The second-order valence-electron chi connectivity index (χ2n) is 4.10. The van der Waals surface area contributed by atoms with Crippen molar-refractivity contribution in [2.75, 3.05) is 26.2 Å². The highest BCUT2D eigenvalue weighted by Crippen LogP contribution is 2.38. The van der Waals surface area contributed by atoms with Gasteiger partial charge in [-0.3, -0.25) is 4.90 Å². The molecule has 1 aromatic heterocycles. The highest BCUT2D eigenvalue weighted by atomic mass is 79.9. The van der Waals surface area contributed by atoms with Crippen LogP contribution in [0.2, 0.25) is 0 Å². The molecule has 1 N–H and O–H groups in total. The van der Waals surface area contributed by atoms with E-state index in [0.29, 0.717) is 6.04 Å². The maximum atomic E-state index is 3.89. The SMILES string of the molecule is C=CC[C@H](c1cc(Br)c(Br)s1)N1CCNCC1.Cl.Cl. The molecule has 0 radical (unpaired) electrons. The Hall–Kier alpha value is 0.900. The predicted molar refractivity (Wildman–Crippen MR) is 96.2 cm³/mol. The van der Waals surface area contributed by atoms with Crippen molar-refractivity contribution in [3.05, 3.63) is 31.9 Å². The van der Waals surface area contributed by atoms with Crippen molar-refractivity contribution in [1.82, 2.24) is 10.2 Å². The van der Waals surface area contributed by atoms with Gasteiger partial charge in [-0.15, -0.1) is 42.7 Å². The normalized spacial score (nSPS) is 17.2. The summed E-state index contributed by atoms with van der Waals surface area (Å²) in [4.78, 5) is 3.95. The Morgan fingerprint density at radius 1 is 1.37 bits per heavy atom. The lowest BCUT2D eigenvalue weighted by molar-refractivity contribution is 0.177. The van der Waals surface area contributed by atoms with Gasteiger partial charge in [-0.05, 0) is 44.3 Å². The first-order chi connectivity index (χ1) is 8.22. The fourth-order valence-corrected chi connectivity index (χ4v) is 4.36. The highest BCUT2D eigenvalue weighted by Gasteiger charge is 2.23. The van der Waals surface area contributed by atoms with Gasteiger partial charge in [0.25, 0.3) is 0 Å². The van der Waals surface area contributed by atoms with Gasteiger partial charge in [0, 0.05) is 41.6 Å². The van der Waals surface area contributed by atoms with Crippen molar-refractivity contribution in [3.8, 4) is 0 Å². The van der Waals surface area contributed by atoms with E-state index in [1.807, 2.05) is 17.4 Å². The molecular formula is C12H18Br2Cl2N2S. The molecule has 0 aromatic carbocycles. The third kappa shape index (κ3) is 5.30. The van der Waals surface area contributed by atoms with E-state index in [2.05, 4.69) is 54.7 Å². The zero-order valence-electron chi connectivity index (χ0n) is 10.4. The molecule has 110 valence electrons. The fraction of sp³-hybridized carbons (Fsp3) is 0.500.